The van der Waals surface area contributed by atoms with Gasteiger partial charge in [-0.15, -0.1) is 0 Å². The average Bonchev–Trinajstić information content (AvgIpc) is 2.59. The lowest BCUT2D eigenvalue weighted by atomic mass is 10.1. The van der Waals surface area contributed by atoms with Crippen molar-refractivity contribution >= 4 is 26.8 Å². The van der Waals surface area contributed by atoms with E-state index in [1.54, 1.807) is 0 Å². The van der Waals surface area contributed by atoms with Crippen LogP contribution in [0.3, 0.4) is 0 Å². The molecule has 0 aliphatic rings. The molecule has 0 amide bonds. The lowest BCUT2D eigenvalue weighted by Gasteiger charge is -2.01. The smallest absolute Gasteiger partial charge is 0.0460 e. The molecule has 0 radical (unpaired) electrons. The largest absolute Gasteiger partial charge is 0.361 e. The van der Waals surface area contributed by atoms with Gasteiger partial charge in [0.05, 0.1) is 0 Å². The summed E-state index contributed by atoms with van der Waals surface area (Å²) in [6.07, 6.45) is 4.18. The Kier molecular flexibility index (Phi) is 3.12. The third kappa shape index (κ3) is 2.08. The molecule has 0 spiro atoms. The highest BCUT2D eigenvalue weighted by atomic mass is 79.9. The van der Waals surface area contributed by atoms with Gasteiger partial charge < -0.3 is 10.7 Å². The number of H-pyrrole nitrogens is 1. The van der Waals surface area contributed by atoms with E-state index in [4.69, 9.17) is 5.73 Å². The second-order valence-electron chi connectivity index (χ2n) is 3.85. The number of hydrogen-bond acceptors (Lipinski definition) is 1. The van der Waals surface area contributed by atoms with Crippen LogP contribution in [-0.4, -0.2) is 11.5 Å². The van der Waals surface area contributed by atoms with Gasteiger partial charge >= 0.3 is 0 Å². The molecule has 0 aliphatic heterocycles. The third-order valence-electron chi connectivity index (χ3n) is 2.70. The van der Waals surface area contributed by atoms with E-state index in [1.807, 2.05) is 0 Å². The lowest BCUT2D eigenvalue weighted by molar-refractivity contribution is 0.837. The molecule has 1 aromatic carbocycles. The van der Waals surface area contributed by atoms with Crippen LogP contribution in [0.25, 0.3) is 10.9 Å². The van der Waals surface area contributed by atoms with Crippen molar-refractivity contribution in [1.29, 1.82) is 0 Å². The first-order valence-corrected chi connectivity index (χ1v) is 5.98. The minimum Gasteiger partial charge on any atom is -0.361 e. The highest BCUT2D eigenvalue weighted by molar-refractivity contribution is 9.10. The second-order valence-corrected chi connectivity index (χ2v) is 4.71. The topological polar surface area (TPSA) is 41.8 Å². The molecule has 0 saturated heterocycles. The first-order chi connectivity index (χ1) is 7.22. The zero-order chi connectivity index (χ0) is 10.8. The first kappa shape index (κ1) is 10.7. The van der Waals surface area contributed by atoms with E-state index in [9.17, 15) is 0 Å². The standard InChI is InChI=1S/C12H15BrN2/c1-8-5-12-10(6-11(8)13)9(7-15-12)3-2-4-14/h5-7,15H,2-4,14H2,1H3. The number of nitrogens with two attached hydrogens (primary N) is 1. The van der Waals surface area contributed by atoms with Gasteiger partial charge in [0.15, 0.2) is 0 Å². The minimum absolute atomic E-state index is 0.750. The molecule has 1 heterocycles. The molecule has 80 valence electrons. The van der Waals surface area contributed by atoms with Gasteiger partial charge in [0.2, 0.25) is 0 Å². The lowest BCUT2D eigenvalue weighted by Crippen LogP contribution is -1.99. The van der Waals surface area contributed by atoms with E-state index < -0.39 is 0 Å². The monoisotopic (exact) mass is 266 g/mol. The van der Waals surface area contributed by atoms with Crippen molar-refractivity contribution in [1.82, 2.24) is 4.98 Å². The maximum atomic E-state index is 5.52. The fourth-order valence-corrected chi connectivity index (χ4v) is 2.15. The van der Waals surface area contributed by atoms with Gasteiger partial charge in [0, 0.05) is 21.6 Å². The van der Waals surface area contributed by atoms with Crippen LogP contribution in [0.5, 0.6) is 0 Å². The summed E-state index contributed by atoms with van der Waals surface area (Å²) in [5.41, 5.74) is 9.35. The van der Waals surface area contributed by atoms with Gasteiger partial charge in [0.1, 0.15) is 0 Å². The molecule has 0 fully saturated rings. The van der Waals surface area contributed by atoms with Gasteiger partial charge in [-0.2, -0.15) is 0 Å². The molecule has 1 aromatic heterocycles. The normalized spacial score (nSPS) is 11.1. The minimum atomic E-state index is 0.750. The van der Waals surface area contributed by atoms with Gasteiger partial charge in [0.25, 0.3) is 0 Å². The Hall–Kier alpha value is -0.800. The molecule has 15 heavy (non-hydrogen) atoms. The van der Waals surface area contributed by atoms with Crippen LogP contribution in [0, 0.1) is 6.92 Å². The molecular formula is C12H15BrN2. The Balaban J connectivity index is 2.45. The Morgan fingerprint density at radius 3 is 2.93 bits per heavy atom. The van der Waals surface area contributed by atoms with Crippen LogP contribution in [0.2, 0.25) is 0 Å². The average molecular weight is 267 g/mol. The van der Waals surface area contributed by atoms with Crippen molar-refractivity contribution < 1.29 is 0 Å². The highest BCUT2D eigenvalue weighted by Crippen LogP contribution is 2.26. The molecule has 0 aliphatic carbocycles. The summed E-state index contributed by atoms with van der Waals surface area (Å²) in [6.45, 7) is 2.85. The Morgan fingerprint density at radius 1 is 1.40 bits per heavy atom. The van der Waals surface area contributed by atoms with Crippen LogP contribution in [0.1, 0.15) is 17.5 Å². The third-order valence-corrected chi connectivity index (χ3v) is 3.55. The quantitative estimate of drug-likeness (QED) is 0.881. The van der Waals surface area contributed by atoms with Crippen molar-refractivity contribution in [2.24, 2.45) is 5.73 Å². The second kappa shape index (κ2) is 4.37. The van der Waals surface area contributed by atoms with E-state index in [1.165, 1.54) is 26.5 Å². The van der Waals surface area contributed by atoms with E-state index in [-0.39, 0.29) is 0 Å². The first-order valence-electron chi connectivity index (χ1n) is 5.18. The number of rotatable bonds is 3. The van der Waals surface area contributed by atoms with E-state index in [2.05, 4.69) is 46.2 Å². The van der Waals surface area contributed by atoms with Crippen LogP contribution < -0.4 is 5.73 Å². The maximum absolute atomic E-state index is 5.52. The van der Waals surface area contributed by atoms with Crippen molar-refractivity contribution in [2.45, 2.75) is 19.8 Å². The molecule has 0 unspecified atom stereocenters. The number of hydrogen-bond donors (Lipinski definition) is 2. The molecular weight excluding hydrogens is 252 g/mol. The number of aromatic nitrogens is 1. The fraction of sp³-hybridized carbons (Fsp3) is 0.333. The van der Waals surface area contributed by atoms with E-state index >= 15 is 0 Å². The summed E-state index contributed by atoms with van der Waals surface area (Å²) in [7, 11) is 0. The van der Waals surface area contributed by atoms with Gasteiger partial charge in [-0.25, -0.2) is 0 Å². The van der Waals surface area contributed by atoms with Gasteiger partial charge in [-0.05, 0) is 49.6 Å². The summed E-state index contributed by atoms with van der Waals surface area (Å²) in [5.74, 6) is 0. The van der Waals surface area contributed by atoms with Crippen molar-refractivity contribution in [2.75, 3.05) is 6.54 Å². The van der Waals surface area contributed by atoms with Crippen LogP contribution in [0.15, 0.2) is 22.8 Å². The number of aromatic amines is 1. The number of nitrogens with one attached hydrogen (secondary N) is 1. The number of fused-ring (bicyclic) bond motifs is 1. The van der Waals surface area contributed by atoms with E-state index in [0.717, 1.165) is 19.4 Å². The SMILES string of the molecule is Cc1cc2[nH]cc(CCCN)c2cc1Br. The van der Waals surface area contributed by atoms with Gasteiger partial charge in [-0.3, -0.25) is 0 Å². The maximum Gasteiger partial charge on any atom is 0.0460 e. The molecule has 0 bridgehead atoms. The zero-order valence-electron chi connectivity index (χ0n) is 8.81. The predicted octanol–water partition coefficient (Wildman–Crippen LogP) is 3.13. The Labute approximate surface area is 98.0 Å². The van der Waals surface area contributed by atoms with Crippen molar-refractivity contribution in [3.05, 3.63) is 33.9 Å². The van der Waals surface area contributed by atoms with Crippen molar-refractivity contribution in [3.8, 4) is 0 Å². The molecule has 0 saturated carbocycles. The summed E-state index contributed by atoms with van der Waals surface area (Å²) < 4.78 is 1.17. The Morgan fingerprint density at radius 2 is 2.20 bits per heavy atom. The predicted molar refractivity (Wildman–Crippen MR) is 68.1 cm³/mol. The summed E-state index contributed by atoms with van der Waals surface area (Å²) in [5, 5.41) is 1.31. The molecule has 2 aromatic rings. The highest BCUT2D eigenvalue weighted by Gasteiger charge is 2.05. The fourth-order valence-electron chi connectivity index (χ4n) is 1.81. The summed E-state index contributed by atoms with van der Waals surface area (Å²) >= 11 is 3.56. The number of halogens is 1. The van der Waals surface area contributed by atoms with Crippen LogP contribution in [0.4, 0.5) is 0 Å². The summed E-state index contributed by atoms with van der Waals surface area (Å²) in [4.78, 5) is 3.30. The van der Waals surface area contributed by atoms with Crippen LogP contribution >= 0.6 is 15.9 Å². The Bertz CT molecular complexity index is 474. The molecule has 0 atom stereocenters. The molecule has 3 heteroatoms. The van der Waals surface area contributed by atoms with Crippen molar-refractivity contribution in [3.63, 3.8) is 0 Å². The molecule has 3 N–H and O–H groups in total. The zero-order valence-corrected chi connectivity index (χ0v) is 10.4. The van der Waals surface area contributed by atoms with Gasteiger partial charge in [-0.1, -0.05) is 15.9 Å². The number of benzene rings is 1. The van der Waals surface area contributed by atoms with Crippen LogP contribution in [-0.2, 0) is 6.42 Å². The van der Waals surface area contributed by atoms with E-state index in [0.29, 0.717) is 0 Å². The summed E-state index contributed by atoms with van der Waals surface area (Å²) in [6, 6.07) is 4.36. The molecule has 2 rings (SSSR count). The number of aryl methyl sites for hydroxylation is 2. The molecule has 2 nitrogen and oxygen atoms in total.